The number of nitrogens with zero attached hydrogens (tertiary/aromatic N) is 4. The number of aromatic nitrogens is 3. The van der Waals surface area contributed by atoms with Gasteiger partial charge in [0.25, 0.3) is 5.91 Å². The number of hydrogen-bond donors (Lipinski definition) is 1. The second-order valence-electron chi connectivity index (χ2n) is 7.56. The Kier molecular flexibility index (Phi) is 8.24. The predicted octanol–water partition coefficient (Wildman–Crippen LogP) is 3.08. The normalized spacial score (nSPS) is 13.7. The molecule has 0 unspecified atom stereocenters. The van der Waals surface area contributed by atoms with Gasteiger partial charge in [0.15, 0.2) is 5.16 Å². The lowest BCUT2D eigenvalue weighted by molar-refractivity contribution is 0.0951. The zero-order valence-corrected chi connectivity index (χ0v) is 19.4. The van der Waals surface area contributed by atoms with E-state index in [0.29, 0.717) is 42.8 Å². The van der Waals surface area contributed by atoms with Gasteiger partial charge in [-0.05, 0) is 35.4 Å². The molecule has 0 spiro atoms. The number of nitrogens with one attached hydrogen (secondary N) is 1. The highest BCUT2D eigenvalue weighted by atomic mass is 32.2. The minimum atomic E-state index is -0.105. The number of carbonyl (C=O) groups is 1. The number of benzene rings is 1. The highest BCUT2D eigenvalue weighted by molar-refractivity contribution is 7.98. The quantitative estimate of drug-likeness (QED) is 0.381. The Morgan fingerprint density at radius 1 is 1.12 bits per heavy atom. The first kappa shape index (κ1) is 23.2. The van der Waals surface area contributed by atoms with Crippen molar-refractivity contribution in [2.75, 3.05) is 38.3 Å². The van der Waals surface area contributed by atoms with Crippen molar-refractivity contribution in [2.45, 2.75) is 24.1 Å². The van der Waals surface area contributed by atoms with Crippen LogP contribution in [0.2, 0.25) is 0 Å². The summed E-state index contributed by atoms with van der Waals surface area (Å²) in [4.78, 5) is 28.2. The Morgan fingerprint density at radius 3 is 2.73 bits per heavy atom. The summed E-state index contributed by atoms with van der Waals surface area (Å²) in [6.07, 6.45) is 3.43. The molecule has 0 aliphatic carbocycles. The summed E-state index contributed by atoms with van der Waals surface area (Å²) in [6.45, 7) is 3.91. The first-order chi connectivity index (χ1) is 16.2. The number of ether oxygens (including phenoxy) is 2. The van der Waals surface area contributed by atoms with E-state index in [2.05, 4.69) is 20.2 Å². The monoisotopic (exact) mass is 465 g/mol. The second-order valence-corrected chi connectivity index (χ2v) is 8.50. The van der Waals surface area contributed by atoms with E-state index in [0.717, 1.165) is 35.7 Å². The minimum absolute atomic E-state index is 0.105. The van der Waals surface area contributed by atoms with Crippen LogP contribution in [0.3, 0.4) is 0 Å². The SMILES string of the molecule is COCc1cc(N2CCOCC2)nc(SCc2cccc(C(=O)NCc3ccncc3)c2)n1. The number of pyridine rings is 1. The molecule has 1 aromatic carbocycles. The molecule has 8 nitrogen and oxygen atoms in total. The maximum absolute atomic E-state index is 12.6. The van der Waals surface area contributed by atoms with Crippen LogP contribution < -0.4 is 10.2 Å². The third kappa shape index (κ3) is 6.74. The summed E-state index contributed by atoms with van der Waals surface area (Å²) >= 11 is 1.55. The van der Waals surface area contributed by atoms with Crippen LogP contribution in [0.1, 0.15) is 27.2 Å². The van der Waals surface area contributed by atoms with E-state index in [4.69, 9.17) is 14.5 Å². The fourth-order valence-electron chi connectivity index (χ4n) is 3.44. The number of thioether (sulfide) groups is 1. The Labute approximate surface area is 197 Å². The van der Waals surface area contributed by atoms with Gasteiger partial charge in [-0.15, -0.1) is 0 Å². The third-order valence-electron chi connectivity index (χ3n) is 5.13. The fraction of sp³-hybridized carbons (Fsp3) is 0.333. The van der Waals surface area contributed by atoms with Gasteiger partial charge in [-0.25, -0.2) is 9.97 Å². The molecule has 3 heterocycles. The van der Waals surface area contributed by atoms with E-state index in [1.807, 2.05) is 42.5 Å². The van der Waals surface area contributed by atoms with E-state index in [1.165, 1.54) is 0 Å². The molecule has 2 aromatic heterocycles. The smallest absolute Gasteiger partial charge is 0.251 e. The van der Waals surface area contributed by atoms with Crippen molar-refractivity contribution < 1.29 is 14.3 Å². The molecular weight excluding hydrogens is 438 g/mol. The Morgan fingerprint density at radius 2 is 1.94 bits per heavy atom. The maximum atomic E-state index is 12.6. The number of rotatable bonds is 9. The molecule has 1 N–H and O–H groups in total. The largest absolute Gasteiger partial charge is 0.378 e. The number of carbonyl (C=O) groups excluding carboxylic acids is 1. The molecule has 3 aromatic rings. The van der Waals surface area contributed by atoms with Crippen molar-refractivity contribution in [1.82, 2.24) is 20.3 Å². The number of methoxy groups -OCH3 is 1. The van der Waals surface area contributed by atoms with Crippen LogP contribution in [0, 0.1) is 0 Å². The molecule has 4 rings (SSSR count). The third-order valence-corrected chi connectivity index (χ3v) is 6.05. The molecule has 9 heteroatoms. The number of anilines is 1. The van der Waals surface area contributed by atoms with Gasteiger partial charge in [0.2, 0.25) is 0 Å². The van der Waals surface area contributed by atoms with Gasteiger partial charge >= 0.3 is 0 Å². The van der Waals surface area contributed by atoms with Gasteiger partial charge in [0.05, 0.1) is 25.5 Å². The van der Waals surface area contributed by atoms with Gasteiger partial charge in [-0.1, -0.05) is 23.9 Å². The highest BCUT2D eigenvalue weighted by Crippen LogP contribution is 2.24. The lowest BCUT2D eigenvalue weighted by Gasteiger charge is -2.28. The number of amides is 1. The van der Waals surface area contributed by atoms with Crippen LogP contribution in [0.5, 0.6) is 0 Å². The van der Waals surface area contributed by atoms with Gasteiger partial charge in [-0.3, -0.25) is 9.78 Å². The Bertz CT molecular complexity index is 1060. The topological polar surface area (TPSA) is 89.5 Å². The lowest BCUT2D eigenvalue weighted by atomic mass is 10.1. The summed E-state index contributed by atoms with van der Waals surface area (Å²) in [5, 5.41) is 3.65. The first-order valence-electron chi connectivity index (χ1n) is 10.8. The van der Waals surface area contributed by atoms with E-state index >= 15 is 0 Å². The van der Waals surface area contributed by atoms with Crippen molar-refractivity contribution in [3.8, 4) is 0 Å². The first-order valence-corrected chi connectivity index (χ1v) is 11.8. The summed E-state index contributed by atoms with van der Waals surface area (Å²) in [5.41, 5.74) is 3.52. The van der Waals surface area contributed by atoms with E-state index in [1.54, 1.807) is 31.3 Å². The molecule has 172 valence electrons. The lowest BCUT2D eigenvalue weighted by Crippen LogP contribution is -2.37. The average Bonchev–Trinajstić information content (AvgIpc) is 2.87. The molecule has 1 amide bonds. The van der Waals surface area contributed by atoms with Crippen molar-refractivity contribution in [1.29, 1.82) is 0 Å². The van der Waals surface area contributed by atoms with Gasteiger partial charge < -0.3 is 19.7 Å². The van der Waals surface area contributed by atoms with Crippen LogP contribution in [0.15, 0.2) is 60.0 Å². The zero-order valence-electron chi connectivity index (χ0n) is 18.6. The Balaban J connectivity index is 1.41. The van der Waals surface area contributed by atoms with Crippen LogP contribution in [-0.2, 0) is 28.4 Å². The predicted molar refractivity (Wildman–Crippen MR) is 127 cm³/mol. The second kappa shape index (κ2) is 11.7. The van der Waals surface area contributed by atoms with Crippen molar-refractivity contribution in [3.05, 3.63) is 77.2 Å². The fourth-order valence-corrected chi connectivity index (χ4v) is 4.25. The van der Waals surface area contributed by atoms with Gasteiger partial charge in [-0.2, -0.15) is 0 Å². The Hall–Kier alpha value is -3.01. The molecule has 33 heavy (non-hydrogen) atoms. The molecule has 1 fully saturated rings. The summed E-state index contributed by atoms with van der Waals surface area (Å²) < 4.78 is 10.8. The molecule has 1 aliphatic heterocycles. The van der Waals surface area contributed by atoms with Gasteiger partial charge in [0, 0.05) is 56.5 Å². The number of hydrogen-bond acceptors (Lipinski definition) is 8. The van der Waals surface area contributed by atoms with Crippen LogP contribution >= 0.6 is 11.8 Å². The molecule has 0 atom stereocenters. The maximum Gasteiger partial charge on any atom is 0.251 e. The summed E-state index contributed by atoms with van der Waals surface area (Å²) in [6, 6.07) is 13.4. The summed E-state index contributed by atoms with van der Waals surface area (Å²) in [7, 11) is 1.66. The molecule has 0 bridgehead atoms. The van der Waals surface area contributed by atoms with Crippen molar-refractivity contribution in [2.24, 2.45) is 0 Å². The van der Waals surface area contributed by atoms with E-state index < -0.39 is 0 Å². The minimum Gasteiger partial charge on any atom is -0.378 e. The van der Waals surface area contributed by atoms with E-state index in [9.17, 15) is 4.79 Å². The molecule has 1 saturated heterocycles. The number of morpholine rings is 1. The standard InChI is InChI=1S/C24H27N5O3S/c1-31-16-21-14-22(29-9-11-32-12-10-29)28-24(27-21)33-17-19-3-2-4-20(13-19)23(30)26-15-18-5-7-25-8-6-18/h2-8,13-14H,9-12,15-17H2,1H3,(H,26,30). The van der Waals surface area contributed by atoms with Crippen LogP contribution in [0.25, 0.3) is 0 Å². The van der Waals surface area contributed by atoms with Crippen molar-refractivity contribution in [3.63, 3.8) is 0 Å². The molecule has 0 saturated carbocycles. The van der Waals surface area contributed by atoms with Crippen molar-refractivity contribution >= 4 is 23.5 Å². The average molecular weight is 466 g/mol. The molecular formula is C24H27N5O3S. The molecule has 0 radical (unpaired) electrons. The highest BCUT2D eigenvalue weighted by Gasteiger charge is 2.15. The van der Waals surface area contributed by atoms with E-state index in [-0.39, 0.29) is 5.91 Å². The summed E-state index contributed by atoms with van der Waals surface area (Å²) in [5.74, 6) is 1.45. The van der Waals surface area contributed by atoms with Gasteiger partial charge in [0.1, 0.15) is 5.82 Å². The van der Waals surface area contributed by atoms with Crippen LogP contribution in [-0.4, -0.2) is 54.3 Å². The zero-order chi connectivity index (χ0) is 22.9. The van der Waals surface area contributed by atoms with Crippen LogP contribution in [0.4, 0.5) is 5.82 Å². The molecule has 1 aliphatic rings.